The standard InChI is InChI=1S/C77H114N2O2S2/c1-6-10-14-18-22-26-28-32-36-40-46-62(44-38-34-30-24-20-16-12-8-3)59-78-69-58-68-70(57-67(69)74(76(78)80)72-53-50-61(5)82-72)79(77(81)75(68)73-55-54-71(83-73)66-52-51-64-48-42-43-49-65(64)56-66)60-63(45-39-35-31-25-21-17-13-9-4)47-41-37-33-29-27-23-19-15-11-7-2/h42-43,48-58,62-63H,6-41,44-47,59-60H2,1-5H3. The van der Waals surface area contributed by atoms with E-state index in [9.17, 15) is 0 Å². The highest BCUT2D eigenvalue weighted by Gasteiger charge is 2.38. The van der Waals surface area contributed by atoms with Crippen LogP contribution in [0.4, 0.5) is 11.4 Å². The van der Waals surface area contributed by atoms with Crippen molar-refractivity contribution in [1.29, 1.82) is 0 Å². The first kappa shape index (κ1) is 66.5. The second-order valence-corrected chi connectivity index (χ2v) is 28.2. The number of hydrogen-bond acceptors (Lipinski definition) is 4. The van der Waals surface area contributed by atoms with Gasteiger partial charge in [-0.1, -0.05) is 295 Å². The predicted octanol–water partition coefficient (Wildman–Crippen LogP) is 22.9. The Labute approximate surface area is 514 Å². The molecule has 3 aromatic carbocycles. The molecule has 0 spiro atoms. The quantitative estimate of drug-likeness (QED) is 0.0364. The SMILES string of the molecule is CCCCCCCCCCCCC(CCCCCCCCCC)CN1C(=O)C(c2ccc(C)s2)=c2cc3c(cc21)=C(c1ccc(-c2ccc4ccccc4c2)s1)C(=O)N3CC(CCCCCCCCCC)CCCCCCCCCCCC. The molecule has 7 rings (SSSR count). The molecule has 4 nitrogen and oxygen atoms in total. The Bertz CT molecular complexity index is 2780. The summed E-state index contributed by atoms with van der Waals surface area (Å²) >= 11 is 3.49. The summed E-state index contributed by atoms with van der Waals surface area (Å²) in [5.74, 6) is 1.15. The number of aryl methyl sites for hydroxylation is 1. The monoisotopic (exact) mass is 1160 g/mol. The molecule has 2 atom stereocenters. The lowest BCUT2D eigenvalue weighted by Gasteiger charge is -2.27. The van der Waals surface area contributed by atoms with Gasteiger partial charge in [-0.25, -0.2) is 0 Å². The first-order valence-corrected chi connectivity index (χ1v) is 36.7. The van der Waals surface area contributed by atoms with Crippen molar-refractivity contribution in [3.8, 4) is 10.4 Å². The van der Waals surface area contributed by atoms with Gasteiger partial charge in [-0.15, -0.1) is 22.7 Å². The molecule has 2 unspecified atom stereocenters. The van der Waals surface area contributed by atoms with Gasteiger partial charge in [-0.2, -0.15) is 0 Å². The fourth-order valence-electron chi connectivity index (χ4n) is 13.7. The Kier molecular flexibility index (Phi) is 30.6. The molecule has 2 amide bonds. The molecule has 5 aromatic rings. The van der Waals surface area contributed by atoms with Crippen molar-refractivity contribution in [2.75, 3.05) is 22.9 Å². The molecule has 83 heavy (non-hydrogen) atoms. The molecule has 0 aliphatic carbocycles. The van der Waals surface area contributed by atoms with Crippen molar-refractivity contribution in [3.05, 3.63) is 104 Å². The zero-order chi connectivity index (χ0) is 58.3. The van der Waals surface area contributed by atoms with Crippen molar-refractivity contribution < 1.29 is 9.59 Å². The molecule has 456 valence electrons. The third kappa shape index (κ3) is 21.1. The van der Waals surface area contributed by atoms with Crippen LogP contribution in [0.1, 0.15) is 299 Å². The number of amides is 2. The lowest BCUT2D eigenvalue weighted by atomic mass is 9.93. The van der Waals surface area contributed by atoms with E-state index in [0.29, 0.717) is 11.8 Å². The van der Waals surface area contributed by atoms with Crippen LogP contribution in [0.2, 0.25) is 0 Å². The van der Waals surface area contributed by atoms with Gasteiger partial charge in [0.15, 0.2) is 0 Å². The number of benzene rings is 3. The molecule has 0 saturated carbocycles. The van der Waals surface area contributed by atoms with E-state index in [2.05, 4.69) is 123 Å². The summed E-state index contributed by atoms with van der Waals surface area (Å²) in [5.41, 5.74) is 4.86. The number of rotatable bonds is 47. The van der Waals surface area contributed by atoms with Gasteiger partial charge in [0, 0.05) is 43.0 Å². The lowest BCUT2D eigenvalue weighted by molar-refractivity contribution is -0.114. The van der Waals surface area contributed by atoms with Crippen molar-refractivity contribution in [2.45, 2.75) is 291 Å². The molecule has 6 heteroatoms. The van der Waals surface area contributed by atoms with Crippen LogP contribution in [0.15, 0.2) is 78.9 Å². The van der Waals surface area contributed by atoms with Crippen LogP contribution in [-0.4, -0.2) is 24.9 Å². The summed E-state index contributed by atoms with van der Waals surface area (Å²) in [6.07, 6.45) is 52.4. The van der Waals surface area contributed by atoms with Crippen molar-refractivity contribution in [1.82, 2.24) is 0 Å². The van der Waals surface area contributed by atoms with E-state index in [1.54, 1.807) is 22.7 Å². The maximum Gasteiger partial charge on any atom is 0.260 e. The summed E-state index contributed by atoms with van der Waals surface area (Å²) < 4.78 is 0. The molecule has 2 aliphatic rings. The van der Waals surface area contributed by atoms with E-state index < -0.39 is 0 Å². The van der Waals surface area contributed by atoms with E-state index in [4.69, 9.17) is 0 Å². The minimum atomic E-state index is 0.138. The summed E-state index contributed by atoms with van der Waals surface area (Å²) in [5, 5.41) is 4.51. The molecule has 0 N–H and O–H groups in total. The van der Waals surface area contributed by atoms with Gasteiger partial charge in [0.2, 0.25) is 0 Å². The molecule has 0 bridgehead atoms. The second-order valence-electron chi connectivity index (χ2n) is 25.8. The highest BCUT2D eigenvalue weighted by atomic mass is 32.1. The second kappa shape index (κ2) is 38.2. The van der Waals surface area contributed by atoms with Crippen molar-refractivity contribution in [3.63, 3.8) is 0 Å². The number of fused-ring (bicyclic) bond motifs is 3. The topological polar surface area (TPSA) is 40.6 Å². The molecular formula is C77H114N2O2S2. The number of thiophene rings is 2. The summed E-state index contributed by atoms with van der Waals surface area (Å²) in [7, 11) is 0. The third-order valence-corrected chi connectivity index (χ3v) is 20.9. The highest BCUT2D eigenvalue weighted by molar-refractivity contribution is 7.17. The molecular weight excluding hydrogens is 1050 g/mol. The average molecular weight is 1160 g/mol. The largest absolute Gasteiger partial charge is 0.307 e. The molecule has 4 heterocycles. The van der Waals surface area contributed by atoms with E-state index in [1.807, 2.05) is 0 Å². The minimum absolute atomic E-state index is 0.138. The summed E-state index contributed by atoms with van der Waals surface area (Å²) in [4.78, 5) is 40.2. The zero-order valence-corrected chi connectivity index (χ0v) is 55.0. The molecule has 2 aromatic heterocycles. The maximum absolute atomic E-state index is 15.8. The number of hydrogen-bond donors (Lipinski definition) is 0. The average Bonchev–Trinajstić information content (AvgIpc) is 1.79. The van der Waals surface area contributed by atoms with Gasteiger partial charge in [0.25, 0.3) is 11.8 Å². The summed E-state index contributed by atoms with van der Waals surface area (Å²) in [6, 6.07) is 28.8. The van der Waals surface area contributed by atoms with Gasteiger partial charge >= 0.3 is 0 Å². The smallest absolute Gasteiger partial charge is 0.260 e. The van der Waals surface area contributed by atoms with Gasteiger partial charge in [-0.3, -0.25) is 9.59 Å². The zero-order valence-electron chi connectivity index (χ0n) is 53.4. The fourth-order valence-corrected chi connectivity index (χ4v) is 15.6. The van der Waals surface area contributed by atoms with Crippen LogP contribution in [0.3, 0.4) is 0 Å². The van der Waals surface area contributed by atoms with Crippen LogP contribution in [0, 0.1) is 18.8 Å². The molecule has 2 aliphatic heterocycles. The molecule has 0 saturated heterocycles. The normalized spacial score (nSPS) is 14.0. The van der Waals surface area contributed by atoms with E-state index in [1.165, 1.54) is 270 Å². The Balaban J connectivity index is 1.21. The molecule has 0 radical (unpaired) electrons. The fraction of sp³-hybridized carbons (Fsp3) is 0.636. The van der Waals surface area contributed by atoms with E-state index in [-0.39, 0.29) is 11.8 Å². The first-order chi connectivity index (χ1) is 40.8. The Morgan fingerprint density at radius 1 is 0.349 bits per heavy atom. The number of anilines is 2. The van der Waals surface area contributed by atoms with Crippen LogP contribution < -0.4 is 20.2 Å². The van der Waals surface area contributed by atoms with Crippen LogP contribution >= 0.6 is 22.7 Å². The highest BCUT2D eigenvalue weighted by Crippen LogP contribution is 2.39. The van der Waals surface area contributed by atoms with Gasteiger partial charge in [0.05, 0.1) is 22.5 Å². The predicted molar refractivity (Wildman–Crippen MR) is 366 cm³/mol. The Morgan fingerprint density at radius 2 is 0.687 bits per heavy atom. The van der Waals surface area contributed by atoms with Crippen LogP contribution in [0.25, 0.3) is 32.4 Å². The number of carbonyl (C=O) groups is 2. The van der Waals surface area contributed by atoms with Crippen molar-refractivity contribution in [2.24, 2.45) is 11.8 Å². The first-order valence-electron chi connectivity index (χ1n) is 35.1. The maximum atomic E-state index is 15.8. The van der Waals surface area contributed by atoms with E-state index in [0.717, 1.165) is 68.6 Å². The van der Waals surface area contributed by atoms with E-state index >= 15 is 9.59 Å². The third-order valence-electron chi connectivity index (χ3n) is 18.8. The van der Waals surface area contributed by atoms with Crippen LogP contribution in [-0.2, 0) is 9.59 Å². The van der Waals surface area contributed by atoms with Crippen LogP contribution in [0.5, 0.6) is 0 Å². The minimum Gasteiger partial charge on any atom is -0.307 e. The van der Waals surface area contributed by atoms with Gasteiger partial charge in [-0.05, 0) is 103 Å². The summed E-state index contributed by atoms with van der Waals surface area (Å²) in [6.45, 7) is 12.9. The molecule has 0 fully saturated rings. The van der Waals surface area contributed by atoms with Crippen molar-refractivity contribution >= 4 is 67.8 Å². The number of nitrogens with zero attached hydrogens (tertiary/aromatic N) is 2. The number of unbranched alkanes of at least 4 members (excludes halogenated alkanes) is 32. The Hall–Kier alpha value is -4.00. The number of carbonyl (C=O) groups excluding carboxylic acids is 2. The van der Waals surface area contributed by atoms with Gasteiger partial charge < -0.3 is 9.80 Å². The van der Waals surface area contributed by atoms with Gasteiger partial charge in [0.1, 0.15) is 0 Å². The Morgan fingerprint density at radius 3 is 1.06 bits per heavy atom. The lowest BCUT2D eigenvalue weighted by Crippen LogP contribution is -2.35.